The molecule has 0 spiro atoms. The fraction of sp³-hybridized carbons (Fsp3) is 0.577. The second-order valence-corrected chi connectivity index (χ2v) is 8.93. The molecule has 1 aliphatic heterocycles. The first-order valence-corrected chi connectivity index (χ1v) is 11.3. The van der Waals surface area contributed by atoms with Crippen LogP contribution in [-0.2, 0) is 33.3 Å². The molecule has 0 saturated carbocycles. The van der Waals surface area contributed by atoms with E-state index in [1.165, 1.54) is 32.6 Å². The molecule has 0 aromatic heterocycles. The van der Waals surface area contributed by atoms with Crippen LogP contribution in [-0.4, -0.2) is 36.4 Å². The summed E-state index contributed by atoms with van der Waals surface area (Å²) >= 11 is 0. The summed E-state index contributed by atoms with van der Waals surface area (Å²) in [7, 11) is 0. The quantitative estimate of drug-likeness (QED) is 0.302. The Hall–Kier alpha value is -2.83. The molecule has 0 aromatic carbocycles. The van der Waals surface area contributed by atoms with E-state index < -0.39 is 36.4 Å². The molecule has 0 bridgehead atoms. The minimum atomic E-state index is -0.800. The third kappa shape index (κ3) is 7.62. The van der Waals surface area contributed by atoms with Crippen molar-refractivity contribution in [1.29, 1.82) is 0 Å². The number of ether oxygens (including phenoxy) is 4. The Kier molecular flexibility index (Phi) is 9.50. The van der Waals surface area contributed by atoms with Crippen molar-refractivity contribution in [2.24, 2.45) is 11.8 Å². The molecular formula is C26H36O7. The average molecular weight is 461 g/mol. The SMILES string of the molecule is C=C1CC/C=C(/C)CC[C@@H]2C([C@@H](C[C@H](OC(C)=O)C(=C)C)OC(C)=O)=CO[C@@H](OC(C)=O)[C@H]12. The molecule has 0 saturated heterocycles. The van der Waals surface area contributed by atoms with E-state index >= 15 is 0 Å². The van der Waals surface area contributed by atoms with E-state index in [1.54, 1.807) is 6.92 Å². The Morgan fingerprint density at radius 3 is 2.33 bits per heavy atom. The first-order chi connectivity index (χ1) is 15.5. The summed E-state index contributed by atoms with van der Waals surface area (Å²) in [5, 5.41) is 0. The number of carbonyl (C=O) groups is 3. The number of hydrogen-bond acceptors (Lipinski definition) is 7. The normalized spacial score (nSPS) is 26.3. The fourth-order valence-corrected chi connectivity index (χ4v) is 4.47. The van der Waals surface area contributed by atoms with Crippen molar-refractivity contribution in [3.05, 3.63) is 47.8 Å². The van der Waals surface area contributed by atoms with Crippen LogP contribution in [0.5, 0.6) is 0 Å². The zero-order chi connectivity index (χ0) is 24.7. The standard InChI is InChI=1S/C26H36O7/c1-15(2)23(31-18(5)27)13-24(32-19(6)28)22-14-30-26(33-20(7)29)25-17(4)10-8-9-16(3)11-12-21(22)25/h9,14,21,23-26H,1,4,8,10-13H2,2-3,5-7H3/b16-9-/t21-,23+,24-,25-,26+/m1/s1. The highest BCUT2D eigenvalue weighted by molar-refractivity contribution is 5.67. The largest absolute Gasteiger partial charge is 0.462 e. The van der Waals surface area contributed by atoms with Gasteiger partial charge in [-0.2, -0.15) is 0 Å². The molecule has 1 heterocycles. The van der Waals surface area contributed by atoms with Gasteiger partial charge < -0.3 is 18.9 Å². The maximum atomic E-state index is 12.0. The highest BCUT2D eigenvalue weighted by atomic mass is 16.7. The fourth-order valence-electron chi connectivity index (χ4n) is 4.47. The Bertz CT molecular complexity index is 851. The van der Waals surface area contributed by atoms with E-state index in [0.717, 1.165) is 36.8 Å². The molecule has 2 rings (SSSR count). The van der Waals surface area contributed by atoms with Crippen molar-refractivity contribution in [2.45, 2.75) is 85.2 Å². The van der Waals surface area contributed by atoms with Crippen molar-refractivity contribution in [2.75, 3.05) is 0 Å². The molecule has 7 nitrogen and oxygen atoms in total. The molecule has 0 aromatic rings. The second kappa shape index (κ2) is 11.9. The monoisotopic (exact) mass is 460 g/mol. The lowest BCUT2D eigenvalue weighted by atomic mass is 9.74. The lowest BCUT2D eigenvalue weighted by molar-refractivity contribution is -0.181. The van der Waals surface area contributed by atoms with Gasteiger partial charge in [0.05, 0.1) is 12.2 Å². The summed E-state index contributed by atoms with van der Waals surface area (Å²) in [4.78, 5) is 35.4. The molecule has 2 aliphatic rings. The van der Waals surface area contributed by atoms with Gasteiger partial charge >= 0.3 is 17.9 Å². The van der Waals surface area contributed by atoms with E-state index in [0.29, 0.717) is 5.57 Å². The van der Waals surface area contributed by atoms with Crippen LogP contribution >= 0.6 is 0 Å². The van der Waals surface area contributed by atoms with Gasteiger partial charge in [0.2, 0.25) is 6.29 Å². The minimum Gasteiger partial charge on any atom is -0.462 e. The number of rotatable bonds is 7. The van der Waals surface area contributed by atoms with Gasteiger partial charge in [-0.1, -0.05) is 30.4 Å². The van der Waals surface area contributed by atoms with Crippen molar-refractivity contribution in [3.8, 4) is 0 Å². The Labute approximate surface area is 196 Å². The lowest BCUT2D eigenvalue weighted by Crippen LogP contribution is -2.42. The van der Waals surface area contributed by atoms with Crippen molar-refractivity contribution in [1.82, 2.24) is 0 Å². The van der Waals surface area contributed by atoms with Gasteiger partial charge in [-0.15, -0.1) is 0 Å². The van der Waals surface area contributed by atoms with Crippen LogP contribution in [0.15, 0.2) is 47.8 Å². The number of carbonyl (C=O) groups excluding carboxylic acids is 3. The van der Waals surface area contributed by atoms with Crippen LogP contribution < -0.4 is 0 Å². The number of esters is 3. The van der Waals surface area contributed by atoms with Gasteiger partial charge in [0.1, 0.15) is 12.2 Å². The van der Waals surface area contributed by atoms with E-state index in [9.17, 15) is 14.4 Å². The second-order valence-electron chi connectivity index (χ2n) is 8.93. The third-order valence-electron chi connectivity index (χ3n) is 6.02. The van der Waals surface area contributed by atoms with Crippen LogP contribution in [0.3, 0.4) is 0 Å². The van der Waals surface area contributed by atoms with E-state index in [2.05, 4.69) is 26.2 Å². The van der Waals surface area contributed by atoms with Crippen molar-refractivity contribution < 1.29 is 33.3 Å². The summed E-state index contributed by atoms with van der Waals surface area (Å²) in [6, 6.07) is 0. The van der Waals surface area contributed by atoms with Gasteiger partial charge in [-0.05, 0) is 45.1 Å². The van der Waals surface area contributed by atoms with Crippen LogP contribution in [0.4, 0.5) is 0 Å². The smallest absolute Gasteiger partial charge is 0.305 e. The molecule has 7 heteroatoms. The summed E-state index contributed by atoms with van der Waals surface area (Å²) in [5.41, 5.74) is 3.59. The average Bonchev–Trinajstić information content (AvgIpc) is 2.76. The number of hydrogen-bond donors (Lipinski definition) is 0. The summed E-state index contributed by atoms with van der Waals surface area (Å²) in [5.74, 6) is -1.76. The molecule has 0 unspecified atom stereocenters. The summed E-state index contributed by atoms with van der Waals surface area (Å²) in [6.45, 7) is 16.1. The highest BCUT2D eigenvalue weighted by Gasteiger charge is 2.43. The molecule has 5 atom stereocenters. The molecule has 0 radical (unpaired) electrons. The Morgan fingerprint density at radius 1 is 1.09 bits per heavy atom. The van der Waals surface area contributed by atoms with Crippen LogP contribution in [0.1, 0.15) is 66.7 Å². The first kappa shape index (κ1) is 26.4. The molecular weight excluding hydrogens is 424 g/mol. The highest BCUT2D eigenvalue weighted by Crippen LogP contribution is 2.44. The predicted molar refractivity (Wildman–Crippen MR) is 124 cm³/mol. The van der Waals surface area contributed by atoms with Gasteiger partial charge in [0, 0.05) is 38.7 Å². The van der Waals surface area contributed by atoms with E-state index in [1.807, 2.05) is 0 Å². The Balaban J connectivity index is 2.49. The topological polar surface area (TPSA) is 88.1 Å². The Morgan fingerprint density at radius 2 is 1.76 bits per heavy atom. The molecule has 1 aliphatic carbocycles. The molecule has 0 N–H and O–H groups in total. The molecule has 0 amide bonds. The van der Waals surface area contributed by atoms with Crippen molar-refractivity contribution >= 4 is 17.9 Å². The van der Waals surface area contributed by atoms with E-state index in [4.69, 9.17) is 18.9 Å². The first-order valence-electron chi connectivity index (χ1n) is 11.3. The predicted octanol–water partition coefficient (Wildman–Crippen LogP) is 4.93. The lowest BCUT2D eigenvalue weighted by Gasteiger charge is -2.41. The summed E-state index contributed by atoms with van der Waals surface area (Å²) < 4.78 is 22.5. The third-order valence-corrected chi connectivity index (χ3v) is 6.02. The number of allylic oxidation sites excluding steroid dienone is 2. The van der Waals surface area contributed by atoms with Crippen LogP contribution in [0.2, 0.25) is 0 Å². The zero-order valence-electron chi connectivity index (χ0n) is 20.3. The van der Waals surface area contributed by atoms with Gasteiger partial charge in [-0.3, -0.25) is 14.4 Å². The van der Waals surface area contributed by atoms with Crippen LogP contribution in [0.25, 0.3) is 0 Å². The maximum absolute atomic E-state index is 12.0. The molecule has 33 heavy (non-hydrogen) atoms. The minimum absolute atomic E-state index is 0.135. The number of fused-ring (bicyclic) bond motifs is 1. The summed E-state index contributed by atoms with van der Waals surface area (Å²) in [6.07, 6.45) is 4.97. The van der Waals surface area contributed by atoms with Gasteiger partial charge in [-0.25, -0.2) is 0 Å². The van der Waals surface area contributed by atoms with Crippen molar-refractivity contribution in [3.63, 3.8) is 0 Å². The zero-order valence-corrected chi connectivity index (χ0v) is 20.3. The molecule has 0 fully saturated rings. The van der Waals surface area contributed by atoms with Gasteiger partial charge in [0.15, 0.2) is 0 Å². The van der Waals surface area contributed by atoms with E-state index in [-0.39, 0.29) is 18.3 Å². The maximum Gasteiger partial charge on any atom is 0.305 e. The molecule has 182 valence electrons. The van der Waals surface area contributed by atoms with Crippen LogP contribution in [0, 0.1) is 11.8 Å². The van der Waals surface area contributed by atoms with Gasteiger partial charge in [0.25, 0.3) is 0 Å².